The Balaban J connectivity index is 1.74. The number of nitrogens with zero attached hydrogens (tertiary/aromatic N) is 3. The molecule has 1 amide bonds. The van der Waals surface area contributed by atoms with Crippen LogP contribution in [-0.2, 0) is 4.79 Å². The van der Waals surface area contributed by atoms with Crippen molar-refractivity contribution in [2.45, 2.75) is 36.2 Å². The van der Waals surface area contributed by atoms with Gasteiger partial charge in [-0.3, -0.25) is 9.36 Å². The Morgan fingerprint density at radius 3 is 3.05 bits per heavy atom. The molecule has 116 valence electrons. The lowest BCUT2D eigenvalue weighted by Crippen LogP contribution is -2.32. The van der Waals surface area contributed by atoms with E-state index < -0.39 is 0 Å². The topological polar surface area (TPSA) is 69.0 Å². The van der Waals surface area contributed by atoms with Crippen LogP contribution in [0.3, 0.4) is 0 Å². The minimum absolute atomic E-state index is 0.0488. The zero-order valence-corrected chi connectivity index (χ0v) is 13.3. The number of hydrogen-bond donors (Lipinski definition) is 1. The first-order valence-electron chi connectivity index (χ1n) is 7.19. The molecule has 0 saturated heterocycles. The van der Waals surface area contributed by atoms with E-state index in [9.17, 15) is 4.79 Å². The van der Waals surface area contributed by atoms with E-state index in [0.717, 1.165) is 24.3 Å². The van der Waals surface area contributed by atoms with Crippen molar-refractivity contribution in [1.29, 1.82) is 0 Å². The summed E-state index contributed by atoms with van der Waals surface area (Å²) in [5.41, 5.74) is 0.904. The van der Waals surface area contributed by atoms with Crippen molar-refractivity contribution in [3.8, 4) is 11.4 Å². The molecule has 1 aliphatic rings. The predicted molar refractivity (Wildman–Crippen MR) is 84.4 cm³/mol. The maximum absolute atomic E-state index is 12.1. The molecule has 0 radical (unpaired) electrons. The summed E-state index contributed by atoms with van der Waals surface area (Å²) in [7, 11) is 1.63. The molecule has 1 heterocycles. The second-order valence-electron chi connectivity index (χ2n) is 5.23. The third-order valence-corrected chi connectivity index (χ3v) is 4.48. The number of aromatic nitrogens is 3. The molecule has 1 aromatic heterocycles. The monoisotopic (exact) mass is 318 g/mol. The van der Waals surface area contributed by atoms with Gasteiger partial charge in [0.1, 0.15) is 12.1 Å². The van der Waals surface area contributed by atoms with Crippen LogP contribution >= 0.6 is 11.8 Å². The summed E-state index contributed by atoms with van der Waals surface area (Å²) >= 11 is 1.40. The molecule has 6 nitrogen and oxygen atoms in total. The quantitative estimate of drug-likeness (QED) is 0.825. The Labute approximate surface area is 133 Å². The first-order valence-corrected chi connectivity index (χ1v) is 8.07. The molecular formula is C15H18N4O2S. The number of amides is 1. The Bertz CT molecular complexity index is 669. The number of methoxy groups -OCH3 is 1. The first-order chi connectivity index (χ1) is 10.7. The molecule has 0 aliphatic heterocycles. The number of carbonyl (C=O) groups excluding carboxylic acids is 1. The lowest BCUT2D eigenvalue weighted by atomic mass is 10.3. The van der Waals surface area contributed by atoms with Crippen LogP contribution in [0.1, 0.15) is 19.8 Å². The van der Waals surface area contributed by atoms with Crippen LogP contribution < -0.4 is 10.1 Å². The van der Waals surface area contributed by atoms with Crippen LogP contribution in [0.5, 0.6) is 5.75 Å². The van der Waals surface area contributed by atoms with Crippen LogP contribution in [0.2, 0.25) is 0 Å². The maximum Gasteiger partial charge on any atom is 0.233 e. The van der Waals surface area contributed by atoms with E-state index in [1.165, 1.54) is 11.8 Å². The summed E-state index contributed by atoms with van der Waals surface area (Å²) in [6.45, 7) is 1.88. The van der Waals surface area contributed by atoms with Crippen LogP contribution in [0.25, 0.3) is 5.69 Å². The van der Waals surface area contributed by atoms with E-state index >= 15 is 0 Å². The highest BCUT2D eigenvalue weighted by Gasteiger charge is 2.26. The Morgan fingerprint density at radius 2 is 2.32 bits per heavy atom. The Hall–Kier alpha value is -2.02. The highest BCUT2D eigenvalue weighted by Crippen LogP contribution is 2.26. The van der Waals surface area contributed by atoms with E-state index in [-0.39, 0.29) is 11.2 Å². The molecular weight excluding hydrogens is 300 g/mol. The number of thioether (sulfide) groups is 1. The highest BCUT2D eigenvalue weighted by molar-refractivity contribution is 8.00. The number of nitrogens with one attached hydrogen (secondary N) is 1. The maximum atomic E-state index is 12.1. The van der Waals surface area contributed by atoms with Gasteiger partial charge in [-0.15, -0.1) is 10.2 Å². The van der Waals surface area contributed by atoms with Gasteiger partial charge in [-0.25, -0.2) is 0 Å². The molecule has 1 unspecified atom stereocenters. The fraction of sp³-hybridized carbons (Fsp3) is 0.400. The highest BCUT2D eigenvalue weighted by atomic mass is 32.2. The van der Waals surface area contributed by atoms with Crippen LogP contribution in [0.15, 0.2) is 35.7 Å². The largest absolute Gasteiger partial charge is 0.497 e. The van der Waals surface area contributed by atoms with Crippen molar-refractivity contribution >= 4 is 17.7 Å². The summed E-state index contributed by atoms with van der Waals surface area (Å²) in [4.78, 5) is 12.1. The van der Waals surface area contributed by atoms with Crippen molar-refractivity contribution in [2.24, 2.45) is 0 Å². The summed E-state index contributed by atoms with van der Waals surface area (Å²) in [5, 5.41) is 11.6. The normalized spacial score (nSPS) is 15.4. The van der Waals surface area contributed by atoms with Gasteiger partial charge in [0.25, 0.3) is 0 Å². The number of benzene rings is 1. The number of hydrogen-bond acceptors (Lipinski definition) is 5. The molecule has 1 saturated carbocycles. The molecule has 22 heavy (non-hydrogen) atoms. The average Bonchev–Trinajstić information content (AvgIpc) is 3.23. The predicted octanol–water partition coefficient (Wildman–Crippen LogP) is 2.04. The summed E-state index contributed by atoms with van der Waals surface area (Å²) < 4.78 is 7.09. The smallest absolute Gasteiger partial charge is 0.233 e. The van der Waals surface area contributed by atoms with E-state index in [1.54, 1.807) is 13.4 Å². The van der Waals surface area contributed by atoms with Crippen molar-refractivity contribution < 1.29 is 9.53 Å². The van der Waals surface area contributed by atoms with Crippen LogP contribution in [0.4, 0.5) is 0 Å². The standard InChI is InChI=1S/C15H18N4O2S/c1-10(14(20)17-11-6-7-11)22-15-18-16-9-19(15)12-4-3-5-13(8-12)21-2/h3-5,8-11H,6-7H2,1-2H3,(H,17,20). The van der Waals surface area contributed by atoms with Gasteiger partial charge in [0, 0.05) is 12.1 Å². The van der Waals surface area contributed by atoms with Crippen LogP contribution in [0, 0.1) is 0 Å². The van der Waals surface area contributed by atoms with Crippen molar-refractivity contribution in [3.05, 3.63) is 30.6 Å². The molecule has 0 bridgehead atoms. The molecule has 7 heteroatoms. The van der Waals surface area contributed by atoms with Gasteiger partial charge < -0.3 is 10.1 Å². The van der Waals surface area contributed by atoms with Crippen molar-refractivity contribution in [2.75, 3.05) is 7.11 Å². The zero-order valence-electron chi connectivity index (χ0n) is 12.5. The fourth-order valence-electron chi connectivity index (χ4n) is 2.00. The van der Waals surface area contributed by atoms with Gasteiger partial charge in [0.05, 0.1) is 18.0 Å². The molecule has 0 spiro atoms. The van der Waals surface area contributed by atoms with Gasteiger partial charge in [-0.2, -0.15) is 0 Å². The average molecular weight is 318 g/mol. The molecule has 2 aromatic rings. The van der Waals surface area contributed by atoms with Gasteiger partial charge in [-0.05, 0) is 31.9 Å². The molecule has 1 fully saturated rings. The van der Waals surface area contributed by atoms with E-state index in [2.05, 4.69) is 15.5 Å². The third-order valence-electron chi connectivity index (χ3n) is 3.42. The summed E-state index contributed by atoms with van der Waals surface area (Å²) in [5.74, 6) is 0.814. The molecule has 1 N–H and O–H groups in total. The number of ether oxygens (including phenoxy) is 1. The van der Waals surface area contributed by atoms with Gasteiger partial charge in [-0.1, -0.05) is 17.8 Å². The minimum Gasteiger partial charge on any atom is -0.497 e. The second-order valence-corrected chi connectivity index (χ2v) is 6.54. The van der Waals surface area contributed by atoms with Crippen LogP contribution in [-0.4, -0.2) is 39.1 Å². The lowest BCUT2D eigenvalue weighted by molar-refractivity contribution is -0.120. The van der Waals surface area contributed by atoms with Crippen molar-refractivity contribution in [3.63, 3.8) is 0 Å². The molecule has 1 aromatic carbocycles. The number of carbonyl (C=O) groups is 1. The van der Waals surface area contributed by atoms with Gasteiger partial charge in [0.15, 0.2) is 5.16 Å². The number of rotatable bonds is 6. The third kappa shape index (κ3) is 3.41. The van der Waals surface area contributed by atoms with Gasteiger partial charge in [0.2, 0.25) is 5.91 Å². The fourth-order valence-corrected chi connectivity index (χ4v) is 2.85. The first kappa shape index (κ1) is 14.9. The van der Waals surface area contributed by atoms with E-state index in [0.29, 0.717) is 11.2 Å². The van der Waals surface area contributed by atoms with Crippen molar-refractivity contribution in [1.82, 2.24) is 20.1 Å². The molecule has 3 rings (SSSR count). The zero-order chi connectivity index (χ0) is 15.5. The van der Waals surface area contributed by atoms with E-state index in [4.69, 9.17) is 4.74 Å². The minimum atomic E-state index is -0.214. The SMILES string of the molecule is COc1cccc(-n2cnnc2SC(C)C(=O)NC2CC2)c1. The second kappa shape index (κ2) is 6.39. The molecule has 1 aliphatic carbocycles. The van der Waals surface area contributed by atoms with Gasteiger partial charge >= 0.3 is 0 Å². The van der Waals surface area contributed by atoms with E-state index in [1.807, 2.05) is 35.8 Å². The Morgan fingerprint density at radius 1 is 1.50 bits per heavy atom. The summed E-state index contributed by atoms with van der Waals surface area (Å²) in [6, 6.07) is 8.01. The Kier molecular flexibility index (Phi) is 4.33. The summed E-state index contributed by atoms with van der Waals surface area (Å²) in [6.07, 6.45) is 3.81. The lowest BCUT2D eigenvalue weighted by Gasteiger charge is -2.12. The molecule has 1 atom stereocenters.